The lowest BCUT2D eigenvalue weighted by Crippen LogP contribution is -2.40. The molecule has 3 amide bonds. The van der Waals surface area contributed by atoms with Crippen molar-refractivity contribution in [1.82, 2.24) is 19.1 Å². The number of aromatic nitrogens is 1. The highest BCUT2D eigenvalue weighted by Crippen LogP contribution is 2.47. The number of methoxy groups -OCH3 is 1. The maximum absolute atomic E-state index is 14.4. The Balaban J connectivity index is 1.45. The molecule has 1 saturated heterocycles. The maximum Gasteiger partial charge on any atom is 0.410 e. The number of hydrogen-bond donors (Lipinski definition) is 2. The number of benzene rings is 2. The van der Waals surface area contributed by atoms with Gasteiger partial charge in [0.1, 0.15) is 11.4 Å². The van der Waals surface area contributed by atoms with Crippen LogP contribution in [0.1, 0.15) is 86.7 Å². The highest BCUT2D eigenvalue weighted by atomic mass is 32.2. The van der Waals surface area contributed by atoms with Crippen molar-refractivity contribution in [3.8, 4) is 17.0 Å². The SMILES string of the molecule is COc1ccc2c(c1)C=C(C(=O)N1CCCN(C(=O)OC(C)(C)C)CC1)Cn1c-2c(C2CCCCC2)c2ccc(C(=O)NS(N)(=O)=O)cc21. The molecule has 2 fully saturated rings. The van der Waals surface area contributed by atoms with Crippen LogP contribution < -0.4 is 14.6 Å². The summed E-state index contributed by atoms with van der Waals surface area (Å²) in [6, 6.07) is 11.1. The number of nitrogens with one attached hydrogen (secondary N) is 1. The van der Waals surface area contributed by atoms with E-state index in [2.05, 4.69) is 4.57 Å². The van der Waals surface area contributed by atoms with Crippen LogP contribution in [-0.2, 0) is 26.3 Å². The Morgan fingerprint density at radius 1 is 0.918 bits per heavy atom. The average molecular weight is 692 g/mol. The predicted octanol–water partition coefficient (Wildman–Crippen LogP) is 5.16. The van der Waals surface area contributed by atoms with Crippen LogP contribution in [0.2, 0.25) is 0 Å². The van der Waals surface area contributed by atoms with Crippen molar-refractivity contribution in [2.24, 2.45) is 5.14 Å². The van der Waals surface area contributed by atoms with Gasteiger partial charge in [0, 0.05) is 53.8 Å². The molecule has 1 aliphatic carbocycles. The molecule has 1 aromatic heterocycles. The quantitative estimate of drug-likeness (QED) is 0.375. The molecule has 3 aromatic rings. The topological polar surface area (TPSA) is 153 Å². The van der Waals surface area contributed by atoms with Crippen molar-refractivity contribution >= 4 is 45.1 Å². The first-order chi connectivity index (χ1) is 23.2. The van der Waals surface area contributed by atoms with Crippen LogP contribution in [0, 0.1) is 0 Å². The van der Waals surface area contributed by atoms with Gasteiger partial charge in [-0.05, 0) is 93.5 Å². The smallest absolute Gasteiger partial charge is 0.410 e. The highest BCUT2D eigenvalue weighted by molar-refractivity contribution is 7.87. The monoisotopic (exact) mass is 691 g/mol. The number of rotatable bonds is 5. The number of carbonyl (C=O) groups is 3. The Hall–Kier alpha value is -4.36. The molecule has 0 atom stereocenters. The van der Waals surface area contributed by atoms with Crippen LogP contribution in [0.25, 0.3) is 28.2 Å². The molecule has 3 aliphatic rings. The van der Waals surface area contributed by atoms with Crippen molar-refractivity contribution in [2.45, 2.75) is 77.4 Å². The first-order valence-electron chi connectivity index (χ1n) is 16.9. The molecule has 2 aromatic carbocycles. The van der Waals surface area contributed by atoms with Crippen LogP contribution in [0.3, 0.4) is 0 Å². The number of carbonyl (C=O) groups excluding carboxylic acids is 3. The molecule has 49 heavy (non-hydrogen) atoms. The minimum Gasteiger partial charge on any atom is -0.497 e. The zero-order valence-corrected chi connectivity index (χ0v) is 29.4. The molecule has 12 nitrogen and oxygen atoms in total. The van der Waals surface area contributed by atoms with Gasteiger partial charge in [0.15, 0.2) is 0 Å². The third-order valence-electron chi connectivity index (χ3n) is 9.50. The number of ether oxygens (including phenoxy) is 2. The van der Waals surface area contributed by atoms with E-state index in [9.17, 15) is 22.8 Å². The number of nitrogens with zero attached hydrogens (tertiary/aromatic N) is 3. The van der Waals surface area contributed by atoms with Crippen molar-refractivity contribution in [1.29, 1.82) is 0 Å². The van der Waals surface area contributed by atoms with Gasteiger partial charge in [-0.25, -0.2) is 14.7 Å². The molecule has 13 heteroatoms. The number of fused-ring (bicyclic) bond motifs is 5. The second-order valence-electron chi connectivity index (χ2n) is 14.1. The van der Waals surface area contributed by atoms with Crippen LogP contribution in [0.5, 0.6) is 5.75 Å². The van der Waals surface area contributed by atoms with E-state index in [1.807, 2.05) is 55.8 Å². The van der Waals surface area contributed by atoms with Gasteiger partial charge in [-0.2, -0.15) is 8.42 Å². The van der Waals surface area contributed by atoms with Crippen LogP contribution >= 0.6 is 0 Å². The van der Waals surface area contributed by atoms with Gasteiger partial charge < -0.3 is 23.8 Å². The van der Waals surface area contributed by atoms with E-state index in [1.54, 1.807) is 29.0 Å². The fraction of sp³-hybridized carbons (Fsp3) is 0.472. The predicted molar refractivity (Wildman–Crippen MR) is 187 cm³/mol. The standard InChI is InChI=1S/C36H45N5O7S/c1-36(2,3)48-35(44)40-16-8-15-39(17-18-40)34(43)26-19-25-20-27(47-4)12-14-28(25)32-31(23-9-6-5-7-10-23)29-13-11-24(21-30(29)41(32)22-26)33(42)38-49(37,45)46/h11-14,19-21,23H,5-10,15-18,22H2,1-4H3,(H,38,42)(H2,37,45,46). The van der Waals surface area contributed by atoms with Crippen LogP contribution in [-0.4, -0.2) is 79.6 Å². The van der Waals surface area contributed by atoms with E-state index in [1.165, 1.54) is 12.0 Å². The summed E-state index contributed by atoms with van der Waals surface area (Å²) in [6.07, 6.45) is 7.58. The first-order valence-corrected chi connectivity index (χ1v) is 18.4. The summed E-state index contributed by atoms with van der Waals surface area (Å²) in [5.41, 5.74) is 4.74. The van der Waals surface area contributed by atoms with Gasteiger partial charge in [0.25, 0.3) is 22.0 Å². The van der Waals surface area contributed by atoms with Gasteiger partial charge >= 0.3 is 6.09 Å². The normalized spacial score (nSPS) is 17.4. The molecule has 1 saturated carbocycles. The Labute approximate surface area is 287 Å². The molecule has 2 aliphatic heterocycles. The summed E-state index contributed by atoms with van der Waals surface area (Å²) in [4.78, 5) is 43.7. The molecular formula is C36H45N5O7S. The second kappa shape index (κ2) is 13.5. The first kappa shape index (κ1) is 34.5. The summed E-state index contributed by atoms with van der Waals surface area (Å²) in [5, 5.41) is 6.09. The molecule has 0 spiro atoms. The van der Waals surface area contributed by atoms with E-state index in [4.69, 9.17) is 14.6 Å². The third kappa shape index (κ3) is 7.47. The highest BCUT2D eigenvalue weighted by Gasteiger charge is 2.33. The minimum atomic E-state index is -4.27. The van der Waals surface area contributed by atoms with Gasteiger partial charge in [-0.3, -0.25) is 9.59 Å². The Morgan fingerprint density at radius 3 is 2.33 bits per heavy atom. The summed E-state index contributed by atoms with van der Waals surface area (Å²) in [6.45, 7) is 7.38. The summed E-state index contributed by atoms with van der Waals surface area (Å²) >= 11 is 0. The third-order valence-corrected chi connectivity index (χ3v) is 9.97. The lowest BCUT2D eigenvalue weighted by molar-refractivity contribution is -0.127. The molecule has 0 bridgehead atoms. The van der Waals surface area contributed by atoms with Crippen molar-refractivity contribution in [2.75, 3.05) is 33.3 Å². The Morgan fingerprint density at radius 2 is 1.63 bits per heavy atom. The van der Waals surface area contributed by atoms with E-state index < -0.39 is 27.8 Å². The molecule has 0 unspecified atom stereocenters. The number of nitrogens with two attached hydrogens (primary N) is 1. The minimum absolute atomic E-state index is 0.142. The molecular weight excluding hydrogens is 646 g/mol. The van der Waals surface area contributed by atoms with Gasteiger partial charge in [0.2, 0.25) is 0 Å². The molecule has 6 rings (SSSR count). The summed E-state index contributed by atoms with van der Waals surface area (Å²) in [5.74, 6) is -0.0377. The lowest BCUT2D eigenvalue weighted by Gasteiger charge is -2.26. The summed E-state index contributed by atoms with van der Waals surface area (Å²) in [7, 11) is -2.66. The average Bonchev–Trinajstić information content (AvgIpc) is 3.18. The number of amides is 3. The number of hydrogen-bond acceptors (Lipinski definition) is 7. The molecule has 3 N–H and O–H groups in total. The lowest BCUT2D eigenvalue weighted by atomic mass is 9.81. The van der Waals surface area contributed by atoms with Crippen molar-refractivity contribution in [3.05, 3.63) is 58.7 Å². The van der Waals surface area contributed by atoms with E-state index in [-0.39, 0.29) is 23.9 Å². The zero-order chi connectivity index (χ0) is 35.1. The molecule has 262 valence electrons. The van der Waals surface area contributed by atoms with Crippen LogP contribution in [0.4, 0.5) is 4.79 Å². The Kier molecular flexibility index (Phi) is 9.51. The van der Waals surface area contributed by atoms with E-state index in [0.29, 0.717) is 43.9 Å². The maximum atomic E-state index is 14.4. The van der Waals surface area contributed by atoms with Crippen LogP contribution in [0.15, 0.2) is 42.0 Å². The Bertz CT molecular complexity index is 1940. The fourth-order valence-corrected chi connectivity index (χ4v) is 7.71. The summed E-state index contributed by atoms with van der Waals surface area (Å²) < 4.78 is 38.6. The molecule has 3 heterocycles. The van der Waals surface area contributed by atoms with E-state index >= 15 is 0 Å². The van der Waals surface area contributed by atoms with Gasteiger partial charge in [-0.1, -0.05) is 25.3 Å². The van der Waals surface area contributed by atoms with Gasteiger partial charge in [0.05, 0.1) is 19.3 Å². The zero-order valence-electron chi connectivity index (χ0n) is 28.6. The van der Waals surface area contributed by atoms with Gasteiger partial charge in [-0.15, -0.1) is 0 Å². The van der Waals surface area contributed by atoms with Crippen molar-refractivity contribution in [3.63, 3.8) is 0 Å². The largest absolute Gasteiger partial charge is 0.497 e. The fourth-order valence-electron chi connectivity index (χ4n) is 7.33. The molecule has 0 radical (unpaired) electrons. The van der Waals surface area contributed by atoms with Crippen molar-refractivity contribution < 1.29 is 32.3 Å². The second-order valence-corrected chi connectivity index (χ2v) is 15.4. The van der Waals surface area contributed by atoms with E-state index in [0.717, 1.165) is 53.4 Å².